The van der Waals surface area contributed by atoms with Crippen LogP contribution in [0.3, 0.4) is 0 Å². The van der Waals surface area contributed by atoms with Crippen molar-refractivity contribution in [1.29, 1.82) is 0 Å². The summed E-state index contributed by atoms with van der Waals surface area (Å²) in [6.07, 6.45) is 2.61. The number of pyridine rings is 1. The van der Waals surface area contributed by atoms with E-state index in [2.05, 4.69) is 5.32 Å². The minimum absolute atomic E-state index is 0.0778. The first-order valence-corrected chi connectivity index (χ1v) is 9.85. The van der Waals surface area contributed by atoms with Gasteiger partial charge in [-0.1, -0.05) is 13.0 Å². The Balaban J connectivity index is 1.66. The molecular formula is C23H24N2O5. The van der Waals surface area contributed by atoms with E-state index in [1.54, 1.807) is 60.2 Å². The molecule has 0 unspecified atom stereocenters. The molecule has 3 rings (SSSR count). The number of amides is 1. The lowest BCUT2D eigenvalue weighted by Gasteiger charge is -2.11. The highest BCUT2D eigenvalue weighted by Crippen LogP contribution is 2.23. The summed E-state index contributed by atoms with van der Waals surface area (Å²) in [6, 6.07) is 13.5. The van der Waals surface area contributed by atoms with Crippen LogP contribution in [-0.2, 0) is 16.1 Å². The predicted molar refractivity (Wildman–Crippen MR) is 115 cm³/mol. The molecule has 1 aromatic heterocycles. The smallest absolute Gasteiger partial charge is 0.338 e. The highest BCUT2D eigenvalue weighted by Gasteiger charge is 2.10. The Kier molecular flexibility index (Phi) is 6.85. The molecule has 1 N–H and O–H groups in total. The number of esters is 1. The standard InChI is InChI=1S/C23H24N2O5/c1-3-13-25-14-12-18-19(22(25)27)6-5-7-20(18)30-15-21(26)24-17-10-8-16(9-11-17)23(28)29-4-2/h5-12,14H,3-4,13,15H2,1-2H3,(H,24,26). The minimum Gasteiger partial charge on any atom is -0.483 e. The Labute approximate surface area is 174 Å². The first-order chi connectivity index (χ1) is 14.5. The van der Waals surface area contributed by atoms with E-state index in [0.29, 0.717) is 40.9 Å². The number of aromatic nitrogens is 1. The molecule has 0 atom stereocenters. The average molecular weight is 408 g/mol. The van der Waals surface area contributed by atoms with E-state index in [1.165, 1.54) is 0 Å². The van der Waals surface area contributed by atoms with Crippen LogP contribution in [0.4, 0.5) is 5.69 Å². The molecular weight excluding hydrogens is 384 g/mol. The highest BCUT2D eigenvalue weighted by atomic mass is 16.5. The molecule has 0 aliphatic rings. The number of aryl methyl sites for hydroxylation is 1. The molecule has 0 radical (unpaired) electrons. The minimum atomic E-state index is -0.410. The van der Waals surface area contributed by atoms with Crippen LogP contribution in [0.5, 0.6) is 5.75 Å². The molecule has 0 aliphatic carbocycles. The van der Waals surface area contributed by atoms with Gasteiger partial charge in [0.05, 0.1) is 17.6 Å². The third-order valence-electron chi connectivity index (χ3n) is 4.48. The van der Waals surface area contributed by atoms with E-state index in [9.17, 15) is 14.4 Å². The van der Waals surface area contributed by atoms with Crippen molar-refractivity contribution < 1.29 is 19.1 Å². The quantitative estimate of drug-likeness (QED) is 0.576. The van der Waals surface area contributed by atoms with E-state index in [-0.39, 0.29) is 18.1 Å². The summed E-state index contributed by atoms with van der Waals surface area (Å²) >= 11 is 0. The molecule has 7 heteroatoms. The van der Waals surface area contributed by atoms with Gasteiger partial charge in [-0.05, 0) is 55.8 Å². The number of nitrogens with one attached hydrogen (secondary N) is 1. The van der Waals surface area contributed by atoms with E-state index in [0.717, 1.165) is 6.42 Å². The van der Waals surface area contributed by atoms with Gasteiger partial charge in [-0.25, -0.2) is 4.79 Å². The van der Waals surface area contributed by atoms with Gasteiger partial charge in [0.15, 0.2) is 6.61 Å². The number of carbonyl (C=O) groups excluding carboxylic acids is 2. The topological polar surface area (TPSA) is 86.6 Å². The van der Waals surface area contributed by atoms with Crippen molar-refractivity contribution in [1.82, 2.24) is 4.57 Å². The van der Waals surface area contributed by atoms with Crippen LogP contribution < -0.4 is 15.6 Å². The maximum absolute atomic E-state index is 12.6. The zero-order valence-corrected chi connectivity index (χ0v) is 17.0. The zero-order valence-electron chi connectivity index (χ0n) is 17.0. The number of hydrogen-bond donors (Lipinski definition) is 1. The van der Waals surface area contributed by atoms with E-state index >= 15 is 0 Å². The maximum Gasteiger partial charge on any atom is 0.338 e. The number of fused-ring (bicyclic) bond motifs is 1. The Bertz CT molecular complexity index is 1100. The molecule has 7 nitrogen and oxygen atoms in total. The summed E-state index contributed by atoms with van der Waals surface area (Å²) in [5, 5.41) is 3.94. The summed E-state index contributed by atoms with van der Waals surface area (Å²) in [4.78, 5) is 36.5. The Morgan fingerprint density at radius 3 is 2.47 bits per heavy atom. The van der Waals surface area contributed by atoms with Crippen LogP contribution in [0, 0.1) is 0 Å². The van der Waals surface area contributed by atoms with Crippen molar-refractivity contribution in [2.75, 3.05) is 18.5 Å². The number of carbonyl (C=O) groups is 2. The van der Waals surface area contributed by atoms with Gasteiger partial charge in [0.2, 0.25) is 0 Å². The van der Waals surface area contributed by atoms with E-state index in [1.807, 2.05) is 13.0 Å². The second-order valence-corrected chi connectivity index (χ2v) is 6.67. The molecule has 1 heterocycles. The van der Waals surface area contributed by atoms with Crippen LogP contribution in [0.1, 0.15) is 30.6 Å². The van der Waals surface area contributed by atoms with Gasteiger partial charge >= 0.3 is 5.97 Å². The number of hydrogen-bond acceptors (Lipinski definition) is 5. The Morgan fingerprint density at radius 1 is 1.00 bits per heavy atom. The Hall–Kier alpha value is -3.61. The van der Waals surface area contributed by atoms with Crippen molar-refractivity contribution in [2.45, 2.75) is 26.8 Å². The maximum atomic E-state index is 12.6. The summed E-state index contributed by atoms with van der Waals surface area (Å²) < 4.78 is 12.3. The monoisotopic (exact) mass is 408 g/mol. The van der Waals surface area contributed by atoms with Gasteiger partial charge in [0.1, 0.15) is 5.75 Å². The van der Waals surface area contributed by atoms with Crippen molar-refractivity contribution in [3.05, 3.63) is 70.6 Å². The lowest BCUT2D eigenvalue weighted by atomic mass is 10.1. The van der Waals surface area contributed by atoms with Crippen molar-refractivity contribution in [2.24, 2.45) is 0 Å². The van der Waals surface area contributed by atoms with Crippen molar-refractivity contribution in [3.63, 3.8) is 0 Å². The summed E-state index contributed by atoms with van der Waals surface area (Å²) in [7, 11) is 0. The highest BCUT2D eigenvalue weighted by molar-refractivity contribution is 5.94. The van der Waals surface area contributed by atoms with Crippen LogP contribution in [0.25, 0.3) is 10.8 Å². The lowest BCUT2D eigenvalue weighted by Crippen LogP contribution is -2.21. The first-order valence-electron chi connectivity index (χ1n) is 9.85. The van der Waals surface area contributed by atoms with Gasteiger partial charge in [0.25, 0.3) is 11.5 Å². The third kappa shape index (κ3) is 4.86. The molecule has 0 saturated carbocycles. The fourth-order valence-electron chi connectivity index (χ4n) is 3.08. The molecule has 30 heavy (non-hydrogen) atoms. The van der Waals surface area contributed by atoms with Crippen LogP contribution in [0.15, 0.2) is 59.5 Å². The molecule has 3 aromatic rings. The normalized spacial score (nSPS) is 10.6. The molecule has 1 amide bonds. The summed E-state index contributed by atoms with van der Waals surface area (Å²) in [6.45, 7) is 4.49. The number of anilines is 1. The second-order valence-electron chi connectivity index (χ2n) is 6.67. The van der Waals surface area contributed by atoms with Gasteiger partial charge in [-0.2, -0.15) is 0 Å². The average Bonchev–Trinajstić information content (AvgIpc) is 2.75. The lowest BCUT2D eigenvalue weighted by molar-refractivity contribution is -0.118. The molecule has 0 spiro atoms. The third-order valence-corrected chi connectivity index (χ3v) is 4.48. The fraction of sp³-hybridized carbons (Fsp3) is 0.261. The summed E-state index contributed by atoms with van der Waals surface area (Å²) in [5.74, 6) is -0.288. The molecule has 0 fully saturated rings. The largest absolute Gasteiger partial charge is 0.483 e. The Morgan fingerprint density at radius 2 is 1.77 bits per heavy atom. The molecule has 2 aromatic carbocycles. The van der Waals surface area contributed by atoms with Gasteiger partial charge in [0, 0.05) is 23.8 Å². The van der Waals surface area contributed by atoms with Crippen molar-refractivity contribution in [3.8, 4) is 5.75 Å². The first kappa shape index (κ1) is 21.1. The van der Waals surface area contributed by atoms with Crippen LogP contribution in [0.2, 0.25) is 0 Å². The van der Waals surface area contributed by atoms with Gasteiger partial charge in [-0.15, -0.1) is 0 Å². The fourth-order valence-corrected chi connectivity index (χ4v) is 3.08. The number of nitrogens with zero attached hydrogens (tertiary/aromatic N) is 1. The molecule has 156 valence electrons. The molecule has 0 saturated heterocycles. The number of benzene rings is 2. The van der Waals surface area contributed by atoms with Crippen molar-refractivity contribution >= 4 is 28.3 Å². The SMILES string of the molecule is CCCn1ccc2c(OCC(=O)Nc3ccc(C(=O)OCC)cc3)cccc2c1=O. The predicted octanol–water partition coefficient (Wildman–Crippen LogP) is 3.61. The number of rotatable bonds is 8. The van der Waals surface area contributed by atoms with E-state index < -0.39 is 5.97 Å². The number of ether oxygens (including phenoxy) is 2. The van der Waals surface area contributed by atoms with Gasteiger partial charge in [-0.3, -0.25) is 9.59 Å². The summed E-state index contributed by atoms with van der Waals surface area (Å²) in [5.41, 5.74) is 0.874. The second kappa shape index (κ2) is 9.73. The van der Waals surface area contributed by atoms with Crippen LogP contribution >= 0.6 is 0 Å². The van der Waals surface area contributed by atoms with E-state index in [4.69, 9.17) is 9.47 Å². The molecule has 0 bridgehead atoms. The zero-order chi connectivity index (χ0) is 21.5. The molecule has 0 aliphatic heterocycles. The van der Waals surface area contributed by atoms with Gasteiger partial charge < -0.3 is 19.4 Å². The van der Waals surface area contributed by atoms with Crippen LogP contribution in [-0.4, -0.2) is 29.7 Å².